The third-order valence-electron chi connectivity index (χ3n) is 5.41. The van der Waals surface area contributed by atoms with Gasteiger partial charge in [-0.2, -0.15) is 4.98 Å². The van der Waals surface area contributed by atoms with Crippen LogP contribution >= 0.6 is 0 Å². The van der Waals surface area contributed by atoms with E-state index >= 15 is 0 Å². The molecule has 0 spiro atoms. The highest BCUT2D eigenvalue weighted by atomic mass is 16.5. The molecule has 3 aromatic rings. The largest absolute Gasteiger partial charge is 0.508 e. The van der Waals surface area contributed by atoms with Crippen LogP contribution in [0.2, 0.25) is 0 Å². The van der Waals surface area contributed by atoms with Crippen molar-refractivity contribution in [1.29, 1.82) is 0 Å². The van der Waals surface area contributed by atoms with Gasteiger partial charge in [-0.05, 0) is 30.2 Å². The van der Waals surface area contributed by atoms with E-state index in [-0.39, 0.29) is 5.75 Å². The van der Waals surface area contributed by atoms with Crippen molar-refractivity contribution in [2.24, 2.45) is 0 Å². The van der Waals surface area contributed by atoms with Crippen LogP contribution in [0.3, 0.4) is 0 Å². The zero-order valence-corrected chi connectivity index (χ0v) is 16.2. The number of ether oxygens (including phenoxy) is 1. The summed E-state index contributed by atoms with van der Waals surface area (Å²) in [6.45, 7) is 4.57. The summed E-state index contributed by atoms with van der Waals surface area (Å²) in [5, 5.41) is 10.0. The Morgan fingerprint density at radius 1 is 1.03 bits per heavy atom. The second kappa shape index (κ2) is 7.67. The van der Waals surface area contributed by atoms with E-state index in [0.717, 1.165) is 66.8 Å². The molecule has 1 aromatic carbocycles. The molecule has 0 saturated carbocycles. The molecule has 0 radical (unpaired) electrons. The van der Waals surface area contributed by atoms with Crippen LogP contribution in [0.1, 0.15) is 11.1 Å². The maximum atomic E-state index is 10.0. The first kappa shape index (κ1) is 17.9. The molecule has 1 N–H and O–H groups in total. The maximum absolute atomic E-state index is 10.0. The van der Waals surface area contributed by atoms with E-state index in [9.17, 15) is 5.11 Å². The summed E-state index contributed by atoms with van der Waals surface area (Å²) >= 11 is 0. The molecular formula is C22H23N5O2. The topological polar surface area (TPSA) is 74.6 Å². The summed E-state index contributed by atoms with van der Waals surface area (Å²) in [5.74, 6) is 1.94. The number of anilines is 2. The number of benzene rings is 1. The van der Waals surface area contributed by atoms with Crippen LogP contribution in [0, 0.1) is 0 Å². The van der Waals surface area contributed by atoms with E-state index in [4.69, 9.17) is 14.7 Å². The number of phenols is 1. The molecule has 1 saturated heterocycles. The smallest absolute Gasteiger partial charge is 0.228 e. The van der Waals surface area contributed by atoms with E-state index in [1.54, 1.807) is 18.3 Å². The number of pyridine rings is 1. The fraction of sp³-hybridized carbons (Fsp3) is 0.318. The Hall–Kier alpha value is -3.19. The van der Waals surface area contributed by atoms with Crippen LogP contribution in [0.5, 0.6) is 5.75 Å². The molecule has 0 unspecified atom stereocenters. The number of nitrogens with zero attached hydrogens (tertiary/aromatic N) is 5. The summed E-state index contributed by atoms with van der Waals surface area (Å²) in [6.07, 6.45) is 4.57. The Balaban J connectivity index is 1.58. The highest BCUT2D eigenvalue weighted by molar-refractivity contribution is 5.73. The van der Waals surface area contributed by atoms with Crippen molar-refractivity contribution in [3.05, 3.63) is 59.9 Å². The van der Waals surface area contributed by atoms with Gasteiger partial charge in [-0.1, -0.05) is 18.2 Å². The van der Waals surface area contributed by atoms with Crippen molar-refractivity contribution in [3.63, 3.8) is 0 Å². The van der Waals surface area contributed by atoms with Crippen LogP contribution in [0.25, 0.3) is 11.3 Å². The summed E-state index contributed by atoms with van der Waals surface area (Å²) in [4.78, 5) is 18.6. The molecular weight excluding hydrogens is 366 g/mol. The molecule has 7 nitrogen and oxygen atoms in total. The third-order valence-corrected chi connectivity index (χ3v) is 5.41. The number of hydrogen-bond acceptors (Lipinski definition) is 7. The molecule has 0 atom stereocenters. The summed E-state index contributed by atoms with van der Waals surface area (Å²) in [7, 11) is 0. The summed E-state index contributed by atoms with van der Waals surface area (Å²) in [6, 6.07) is 11.4. The Labute approximate surface area is 169 Å². The predicted molar refractivity (Wildman–Crippen MR) is 111 cm³/mol. The molecule has 0 aliphatic carbocycles. The molecule has 2 aromatic heterocycles. The number of rotatable bonds is 4. The average Bonchev–Trinajstić information content (AvgIpc) is 3.17. The number of fused-ring (bicyclic) bond motifs is 1. The van der Waals surface area contributed by atoms with E-state index in [2.05, 4.69) is 20.9 Å². The average molecular weight is 389 g/mol. The van der Waals surface area contributed by atoms with Gasteiger partial charge in [0.1, 0.15) is 11.6 Å². The first-order valence-corrected chi connectivity index (χ1v) is 9.95. The number of aromatic nitrogens is 3. The molecule has 0 amide bonds. The zero-order chi connectivity index (χ0) is 19.6. The van der Waals surface area contributed by atoms with Crippen molar-refractivity contribution in [2.45, 2.75) is 13.0 Å². The van der Waals surface area contributed by atoms with Crippen molar-refractivity contribution in [1.82, 2.24) is 15.0 Å². The van der Waals surface area contributed by atoms with Gasteiger partial charge >= 0.3 is 0 Å². The highest BCUT2D eigenvalue weighted by Crippen LogP contribution is 2.37. The second-order valence-electron chi connectivity index (χ2n) is 7.36. The van der Waals surface area contributed by atoms with Crippen LogP contribution in [-0.2, 0) is 17.7 Å². The van der Waals surface area contributed by atoms with E-state index < -0.39 is 0 Å². The lowest BCUT2D eigenvalue weighted by Gasteiger charge is -2.28. The van der Waals surface area contributed by atoms with Gasteiger partial charge in [0.2, 0.25) is 5.95 Å². The Morgan fingerprint density at radius 3 is 2.72 bits per heavy atom. The molecule has 1 fully saturated rings. The Bertz CT molecular complexity index is 1010. The maximum Gasteiger partial charge on any atom is 0.228 e. The first-order chi connectivity index (χ1) is 14.3. The predicted octanol–water partition coefficient (Wildman–Crippen LogP) is 2.64. The lowest BCUT2D eigenvalue weighted by molar-refractivity contribution is 0.122. The molecule has 2 aliphatic rings. The second-order valence-corrected chi connectivity index (χ2v) is 7.36. The summed E-state index contributed by atoms with van der Waals surface area (Å²) in [5.41, 5.74) is 4.12. The number of aromatic hydroxyl groups is 1. The first-order valence-electron chi connectivity index (χ1n) is 9.95. The van der Waals surface area contributed by atoms with Crippen molar-refractivity contribution >= 4 is 11.8 Å². The fourth-order valence-corrected chi connectivity index (χ4v) is 3.97. The van der Waals surface area contributed by atoms with Crippen LogP contribution < -0.4 is 9.80 Å². The molecule has 2 aliphatic heterocycles. The lowest BCUT2D eigenvalue weighted by atomic mass is 10.1. The SMILES string of the molecule is Oc1cccc(-c2nc(N3CCOCC3)nc3c2CCN3Cc2cccnc2)c1. The van der Waals surface area contributed by atoms with Gasteiger partial charge < -0.3 is 19.6 Å². The number of morpholine rings is 1. The highest BCUT2D eigenvalue weighted by Gasteiger charge is 2.28. The monoisotopic (exact) mass is 389 g/mol. The fourth-order valence-electron chi connectivity index (χ4n) is 3.97. The Morgan fingerprint density at radius 2 is 1.93 bits per heavy atom. The van der Waals surface area contributed by atoms with E-state index in [1.165, 1.54) is 0 Å². The van der Waals surface area contributed by atoms with Crippen LogP contribution in [0.15, 0.2) is 48.8 Å². The molecule has 29 heavy (non-hydrogen) atoms. The number of phenolic OH excluding ortho intramolecular Hbond substituents is 1. The molecule has 7 heteroatoms. The van der Waals surface area contributed by atoms with Crippen molar-refractivity contribution in [2.75, 3.05) is 42.6 Å². The van der Waals surface area contributed by atoms with Gasteiger partial charge in [0, 0.05) is 49.7 Å². The minimum atomic E-state index is 0.244. The normalized spacial score (nSPS) is 16.1. The lowest BCUT2D eigenvalue weighted by Crippen LogP contribution is -2.37. The van der Waals surface area contributed by atoms with Gasteiger partial charge in [0.15, 0.2) is 0 Å². The van der Waals surface area contributed by atoms with Gasteiger partial charge in [-0.3, -0.25) is 4.98 Å². The molecule has 148 valence electrons. The van der Waals surface area contributed by atoms with Crippen LogP contribution in [-0.4, -0.2) is 52.9 Å². The molecule has 4 heterocycles. The minimum Gasteiger partial charge on any atom is -0.508 e. The zero-order valence-electron chi connectivity index (χ0n) is 16.2. The van der Waals surface area contributed by atoms with Crippen molar-refractivity contribution in [3.8, 4) is 17.0 Å². The van der Waals surface area contributed by atoms with Gasteiger partial charge in [0.05, 0.1) is 18.9 Å². The third kappa shape index (κ3) is 3.61. The molecule has 0 bridgehead atoms. The minimum absolute atomic E-state index is 0.244. The van der Waals surface area contributed by atoms with E-state index in [0.29, 0.717) is 13.2 Å². The van der Waals surface area contributed by atoms with Crippen molar-refractivity contribution < 1.29 is 9.84 Å². The van der Waals surface area contributed by atoms with Gasteiger partial charge in [0.25, 0.3) is 0 Å². The number of hydrogen-bond donors (Lipinski definition) is 1. The summed E-state index contributed by atoms with van der Waals surface area (Å²) < 4.78 is 5.50. The quantitative estimate of drug-likeness (QED) is 0.735. The molecule has 5 rings (SSSR count). The van der Waals surface area contributed by atoms with E-state index in [1.807, 2.05) is 24.4 Å². The standard InChI is InChI=1S/C22H23N5O2/c28-18-5-1-4-17(13-18)20-19-6-8-27(15-16-3-2-7-23-14-16)21(19)25-22(24-20)26-9-11-29-12-10-26/h1-5,7,13-14,28H,6,8-12,15H2. The van der Waals surface area contributed by atoms with Crippen LogP contribution in [0.4, 0.5) is 11.8 Å². The van der Waals surface area contributed by atoms with Gasteiger partial charge in [-0.15, -0.1) is 0 Å². The Kier molecular flexibility index (Phi) is 4.73. The van der Waals surface area contributed by atoms with Gasteiger partial charge in [-0.25, -0.2) is 4.98 Å².